The standard InChI is InChI=1S/C19H15N5O3/c25-18-11-10-14(24(26)27)12-15(18)19(20-13-6-2-1-3-7-13)23-17-9-5-4-8-16(17)21-22-23/h1-12,19-20,25H/t19-/m0/s1. The first kappa shape index (κ1) is 16.5. The highest BCUT2D eigenvalue weighted by Crippen LogP contribution is 2.32. The molecule has 0 aliphatic rings. The molecule has 4 aromatic rings. The summed E-state index contributed by atoms with van der Waals surface area (Å²) in [7, 11) is 0. The molecule has 8 heteroatoms. The number of nitro groups is 1. The van der Waals surface area contributed by atoms with Crippen LogP contribution in [0.5, 0.6) is 5.75 Å². The molecule has 1 aromatic heterocycles. The number of para-hydroxylation sites is 2. The Morgan fingerprint density at radius 3 is 2.56 bits per heavy atom. The Morgan fingerprint density at radius 2 is 1.78 bits per heavy atom. The molecule has 27 heavy (non-hydrogen) atoms. The van der Waals surface area contributed by atoms with Gasteiger partial charge in [0.2, 0.25) is 0 Å². The fourth-order valence-corrected chi connectivity index (χ4v) is 2.92. The molecule has 2 N–H and O–H groups in total. The fourth-order valence-electron chi connectivity index (χ4n) is 2.92. The summed E-state index contributed by atoms with van der Waals surface area (Å²) in [5.74, 6) is -0.0754. The number of nitro benzene ring substituents is 1. The van der Waals surface area contributed by atoms with E-state index >= 15 is 0 Å². The molecule has 0 bridgehead atoms. The number of phenolic OH excluding ortho intramolecular Hbond substituents is 1. The molecule has 0 fully saturated rings. The Hall–Kier alpha value is -3.94. The number of benzene rings is 3. The Morgan fingerprint density at radius 1 is 1.04 bits per heavy atom. The number of anilines is 1. The highest BCUT2D eigenvalue weighted by molar-refractivity contribution is 5.74. The van der Waals surface area contributed by atoms with Gasteiger partial charge in [-0.2, -0.15) is 0 Å². The highest BCUT2D eigenvalue weighted by atomic mass is 16.6. The molecule has 1 heterocycles. The minimum Gasteiger partial charge on any atom is -0.508 e. The first-order chi connectivity index (χ1) is 13.1. The van der Waals surface area contributed by atoms with Gasteiger partial charge in [-0.05, 0) is 30.3 Å². The molecule has 0 unspecified atom stereocenters. The quantitative estimate of drug-likeness (QED) is 0.415. The highest BCUT2D eigenvalue weighted by Gasteiger charge is 2.23. The average molecular weight is 361 g/mol. The van der Waals surface area contributed by atoms with Crippen LogP contribution in [0.4, 0.5) is 11.4 Å². The second-order valence-electron chi connectivity index (χ2n) is 5.94. The first-order valence-corrected chi connectivity index (χ1v) is 8.22. The zero-order chi connectivity index (χ0) is 18.8. The number of hydrogen-bond acceptors (Lipinski definition) is 6. The van der Waals surface area contributed by atoms with Gasteiger partial charge in [-0.1, -0.05) is 35.5 Å². The van der Waals surface area contributed by atoms with Gasteiger partial charge in [0.1, 0.15) is 11.3 Å². The number of rotatable bonds is 5. The number of non-ortho nitro benzene ring substituents is 1. The summed E-state index contributed by atoms with van der Waals surface area (Å²) in [4.78, 5) is 10.7. The smallest absolute Gasteiger partial charge is 0.270 e. The second kappa shape index (κ2) is 6.75. The summed E-state index contributed by atoms with van der Waals surface area (Å²) in [6.45, 7) is 0. The molecule has 0 aliphatic heterocycles. The number of hydrogen-bond donors (Lipinski definition) is 2. The minimum absolute atomic E-state index is 0.0754. The Bertz CT molecular complexity index is 1110. The lowest BCUT2D eigenvalue weighted by molar-refractivity contribution is -0.385. The zero-order valence-corrected chi connectivity index (χ0v) is 14.1. The lowest BCUT2D eigenvalue weighted by Crippen LogP contribution is -2.21. The van der Waals surface area contributed by atoms with Crippen LogP contribution >= 0.6 is 0 Å². The molecule has 8 nitrogen and oxygen atoms in total. The maximum atomic E-state index is 11.2. The van der Waals surface area contributed by atoms with Crippen molar-refractivity contribution in [2.45, 2.75) is 6.17 Å². The van der Waals surface area contributed by atoms with Crippen molar-refractivity contribution in [3.8, 4) is 5.75 Å². The van der Waals surface area contributed by atoms with E-state index in [1.165, 1.54) is 18.2 Å². The summed E-state index contributed by atoms with van der Waals surface area (Å²) >= 11 is 0. The summed E-state index contributed by atoms with van der Waals surface area (Å²) < 4.78 is 1.60. The van der Waals surface area contributed by atoms with E-state index in [1.54, 1.807) is 4.68 Å². The van der Waals surface area contributed by atoms with Crippen molar-refractivity contribution in [3.63, 3.8) is 0 Å². The fraction of sp³-hybridized carbons (Fsp3) is 0.0526. The largest absolute Gasteiger partial charge is 0.508 e. The van der Waals surface area contributed by atoms with E-state index in [0.29, 0.717) is 11.1 Å². The number of nitrogens with one attached hydrogen (secondary N) is 1. The van der Waals surface area contributed by atoms with Crippen LogP contribution in [0.1, 0.15) is 11.7 Å². The molecule has 0 radical (unpaired) electrons. The molecule has 0 amide bonds. The second-order valence-corrected chi connectivity index (χ2v) is 5.94. The SMILES string of the molecule is O=[N+]([O-])c1ccc(O)c([C@@H](Nc2ccccc2)n2nnc3ccccc32)c1. The van der Waals surface area contributed by atoms with E-state index in [9.17, 15) is 15.2 Å². The summed E-state index contributed by atoms with van der Waals surface area (Å²) in [6, 6.07) is 20.6. The predicted octanol–water partition coefficient (Wildman–Crippen LogP) is 3.70. The Kier molecular flexibility index (Phi) is 4.13. The van der Waals surface area contributed by atoms with Crippen molar-refractivity contribution >= 4 is 22.4 Å². The first-order valence-electron chi connectivity index (χ1n) is 8.22. The van der Waals surface area contributed by atoms with Gasteiger partial charge in [0, 0.05) is 23.4 Å². The van der Waals surface area contributed by atoms with Crippen molar-refractivity contribution < 1.29 is 10.0 Å². The average Bonchev–Trinajstić information content (AvgIpc) is 3.11. The number of phenols is 1. The van der Waals surface area contributed by atoms with Gasteiger partial charge in [-0.25, -0.2) is 4.68 Å². The lowest BCUT2D eigenvalue weighted by atomic mass is 10.1. The summed E-state index contributed by atoms with van der Waals surface area (Å²) in [5.41, 5.74) is 2.39. The normalized spacial score (nSPS) is 12.0. The molecule has 0 saturated carbocycles. The predicted molar refractivity (Wildman–Crippen MR) is 100 cm³/mol. The van der Waals surface area contributed by atoms with E-state index in [4.69, 9.17) is 0 Å². The van der Waals surface area contributed by atoms with Gasteiger partial charge in [-0.3, -0.25) is 10.1 Å². The molecule has 0 spiro atoms. The van der Waals surface area contributed by atoms with Crippen molar-refractivity contribution in [1.82, 2.24) is 15.0 Å². The van der Waals surface area contributed by atoms with Crippen LogP contribution < -0.4 is 5.32 Å². The molecule has 134 valence electrons. The van der Waals surface area contributed by atoms with Crippen molar-refractivity contribution in [2.75, 3.05) is 5.32 Å². The summed E-state index contributed by atoms with van der Waals surface area (Å²) in [6.07, 6.45) is -0.695. The van der Waals surface area contributed by atoms with Crippen molar-refractivity contribution in [2.24, 2.45) is 0 Å². The third-order valence-electron chi connectivity index (χ3n) is 4.22. The topological polar surface area (TPSA) is 106 Å². The number of aromatic hydroxyl groups is 1. The van der Waals surface area contributed by atoms with Crippen LogP contribution in [0, 0.1) is 10.1 Å². The zero-order valence-electron chi connectivity index (χ0n) is 14.1. The third-order valence-corrected chi connectivity index (χ3v) is 4.22. The van der Waals surface area contributed by atoms with Gasteiger partial charge < -0.3 is 10.4 Å². The van der Waals surface area contributed by atoms with E-state index in [1.807, 2.05) is 54.6 Å². The van der Waals surface area contributed by atoms with Crippen LogP contribution in [0.15, 0.2) is 72.8 Å². The van der Waals surface area contributed by atoms with Crippen LogP contribution in [0.25, 0.3) is 11.0 Å². The van der Waals surface area contributed by atoms with E-state index in [0.717, 1.165) is 11.2 Å². The minimum atomic E-state index is -0.695. The lowest BCUT2D eigenvalue weighted by Gasteiger charge is -2.22. The van der Waals surface area contributed by atoms with Crippen LogP contribution in [0.3, 0.4) is 0 Å². The Balaban J connectivity index is 1.89. The van der Waals surface area contributed by atoms with Gasteiger partial charge in [0.15, 0.2) is 6.17 Å². The maximum Gasteiger partial charge on any atom is 0.270 e. The summed E-state index contributed by atoms with van der Waals surface area (Å²) in [5, 5.41) is 33.3. The van der Waals surface area contributed by atoms with Gasteiger partial charge >= 0.3 is 0 Å². The maximum absolute atomic E-state index is 11.2. The van der Waals surface area contributed by atoms with E-state index in [-0.39, 0.29) is 11.4 Å². The number of aromatic nitrogens is 3. The molecule has 0 aliphatic carbocycles. The van der Waals surface area contributed by atoms with Crippen LogP contribution in [-0.4, -0.2) is 25.0 Å². The molecule has 4 rings (SSSR count). The van der Waals surface area contributed by atoms with Crippen molar-refractivity contribution in [1.29, 1.82) is 0 Å². The van der Waals surface area contributed by atoms with Crippen molar-refractivity contribution in [3.05, 3.63) is 88.5 Å². The Labute approximate surface area is 153 Å². The van der Waals surface area contributed by atoms with Crippen LogP contribution in [-0.2, 0) is 0 Å². The van der Waals surface area contributed by atoms with Gasteiger partial charge in [0.25, 0.3) is 5.69 Å². The van der Waals surface area contributed by atoms with E-state index in [2.05, 4.69) is 15.6 Å². The van der Waals surface area contributed by atoms with E-state index < -0.39 is 11.1 Å². The molecule has 1 atom stereocenters. The molecular weight excluding hydrogens is 346 g/mol. The molecule has 0 saturated heterocycles. The monoisotopic (exact) mass is 361 g/mol. The molecule has 3 aromatic carbocycles. The molecular formula is C19H15N5O3. The van der Waals surface area contributed by atoms with Gasteiger partial charge in [-0.15, -0.1) is 5.10 Å². The number of nitrogens with zero attached hydrogens (tertiary/aromatic N) is 4. The third kappa shape index (κ3) is 3.15. The number of fused-ring (bicyclic) bond motifs is 1. The van der Waals surface area contributed by atoms with Crippen LogP contribution in [0.2, 0.25) is 0 Å². The van der Waals surface area contributed by atoms with Gasteiger partial charge in [0.05, 0.1) is 10.4 Å².